The molecule has 0 radical (unpaired) electrons. The van der Waals surface area contributed by atoms with Crippen LogP contribution in [0.15, 0.2) is 47.2 Å². The Kier molecular flexibility index (Phi) is 3.86. The van der Waals surface area contributed by atoms with Crippen molar-refractivity contribution < 1.29 is 14.0 Å². The van der Waals surface area contributed by atoms with Crippen molar-refractivity contribution >= 4 is 0 Å². The first kappa shape index (κ1) is 14.7. The van der Waals surface area contributed by atoms with E-state index in [1.807, 2.05) is 30.3 Å². The van der Waals surface area contributed by atoms with Crippen LogP contribution in [0.5, 0.6) is 11.5 Å². The van der Waals surface area contributed by atoms with Crippen LogP contribution in [-0.4, -0.2) is 28.8 Å². The molecule has 0 spiro atoms. The fraction of sp³-hybridized carbons (Fsp3) is 0.278. The van der Waals surface area contributed by atoms with Gasteiger partial charge < -0.3 is 14.0 Å². The molecule has 1 aromatic carbocycles. The van der Waals surface area contributed by atoms with E-state index in [2.05, 4.69) is 15.1 Å². The summed E-state index contributed by atoms with van der Waals surface area (Å²) in [6.07, 6.45) is 5.85. The van der Waals surface area contributed by atoms with E-state index in [0.717, 1.165) is 16.9 Å². The molecule has 1 aliphatic rings. The van der Waals surface area contributed by atoms with Gasteiger partial charge in [-0.05, 0) is 43.0 Å². The second-order valence-corrected chi connectivity index (χ2v) is 5.78. The normalized spacial score (nSPS) is 13.7. The van der Waals surface area contributed by atoms with E-state index in [0.29, 0.717) is 30.0 Å². The highest BCUT2D eigenvalue weighted by Crippen LogP contribution is 2.36. The number of hydrogen-bond donors (Lipinski definition) is 0. The second-order valence-electron chi connectivity index (χ2n) is 5.78. The topological polar surface area (TPSA) is 70.3 Å². The molecular weight excluding hydrogens is 306 g/mol. The number of benzene rings is 1. The van der Waals surface area contributed by atoms with Gasteiger partial charge in [0.15, 0.2) is 0 Å². The lowest BCUT2D eigenvalue weighted by atomic mass is 10.2. The number of pyridine rings is 1. The third kappa shape index (κ3) is 3.08. The zero-order valence-electron chi connectivity index (χ0n) is 13.3. The molecule has 2 heterocycles. The number of nitrogens with zero attached hydrogens (tertiary/aromatic N) is 3. The minimum Gasteiger partial charge on any atom is -0.497 e. The van der Waals surface area contributed by atoms with Gasteiger partial charge in [0.2, 0.25) is 5.82 Å². The maximum absolute atomic E-state index is 5.96. The predicted molar refractivity (Wildman–Crippen MR) is 87.7 cm³/mol. The van der Waals surface area contributed by atoms with Gasteiger partial charge in [-0.25, -0.2) is 0 Å². The zero-order chi connectivity index (χ0) is 16.4. The van der Waals surface area contributed by atoms with Crippen LogP contribution in [0.3, 0.4) is 0 Å². The van der Waals surface area contributed by atoms with Crippen LogP contribution in [0, 0.1) is 5.92 Å². The van der Waals surface area contributed by atoms with Gasteiger partial charge in [-0.2, -0.15) is 4.98 Å². The zero-order valence-corrected chi connectivity index (χ0v) is 13.3. The fourth-order valence-corrected chi connectivity index (χ4v) is 2.37. The van der Waals surface area contributed by atoms with Gasteiger partial charge in [0.1, 0.15) is 11.5 Å². The Morgan fingerprint density at radius 3 is 2.75 bits per heavy atom. The average Bonchev–Trinajstić information content (AvgIpc) is 3.35. The number of rotatable bonds is 6. The first-order valence-corrected chi connectivity index (χ1v) is 7.89. The maximum atomic E-state index is 5.96. The molecule has 2 aromatic heterocycles. The third-order valence-corrected chi connectivity index (χ3v) is 3.96. The molecule has 6 heteroatoms. The molecule has 0 N–H and O–H groups in total. The lowest BCUT2D eigenvalue weighted by Gasteiger charge is -2.10. The molecular formula is C18H17N3O3. The van der Waals surface area contributed by atoms with Gasteiger partial charge >= 0.3 is 0 Å². The molecule has 0 aliphatic heterocycles. The molecule has 6 nitrogen and oxygen atoms in total. The van der Waals surface area contributed by atoms with E-state index in [1.165, 1.54) is 12.8 Å². The maximum Gasteiger partial charge on any atom is 0.262 e. The third-order valence-electron chi connectivity index (χ3n) is 3.96. The van der Waals surface area contributed by atoms with E-state index >= 15 is 0 Å². The summed E-state index contributed by atoms with van der Waals surface area (Å²) in [6, 6.07) is 9.27. The molecule has 3 aromatic rings. The monoisotopic (exact) mass is 323 g/mol. The quantitative estimate of drug-likeness (QED) is 0.690. The molecule has 0 bridgehead atoms. The lowest BCUT2D eigenvalue weighted by molar-refractivity contribution is 0.297. The van der Waals surface area contributed by atoms with Crippen molar-refractivity contribution in [1.29, 1.82) is 0 Å². The van der Waals surface area contributed by atoms with Crippen LogP contribution < -0.4 is 9.47 Å². The Hall–Kier alpha value is -2.89. The van der Waals surface area contributed by atoms with Crippen molar-refractivity contribution in [3.63, 3.8) is 0 Å². The van der Waals surface area contributed by atoms with E-state index in [4.69, 9.17) is 14.0 Å². The van der Waals surface area contributed by atoms with Gasteiger partial charge in [-0.15, -0.1) is 0 Å². The molecule has 0 unspecified atom stereocenters. The summed E-state index contributed by atoms with van der Waals surface area (Å²) in [5.74, 6) is 3.04. The lowest BCUT2D eigenvalue weighted by Crippen LogP contribution is -2.01. The molecule has 122 valence electrons. The molecule has 0 amide bonds. The van der Waals surface area contributed by atoms with Gasteiger partial charge in [0.25, 0.3) is 5.89 Å². The van der Waals surface area contributed by atoms with Crippen LogP contribution in [0.1, 0.15) is 12.8 Å². The number of hydrogen-bond acceptors (Lipinski definition) is 6. The first-order chi connectivity index (χ1) is 11.8. The smallest absolute Gasteiger partial charge is 0.262 e. The van der Waals surface area contributed by atoms with Crippen molar-refractivity contribution in [2.45, 2.75) is 12.8 Å². The van der Waals surface area contributed by atoms with E-state index < -0.39 is 0 Å². The molecule has 4 rings (SSSR count). The van der Waals surface area contributed by atoms with Crippen molar-refractivity contribution in [2.24, 2.45) is 5.92 Å². The van der Waals surface area contributed by atoms with Gasteiger partial charge in [0.05, 0.1) is 19.3 Å². The summed E-state index contributed by atoms with van der Waals surface area (Å²) in [5.41, 5.74) is 1.62. The minimum atomic E-state index is 0.426. The molecule has 24 heavy (non-hydrogen) atoms. The van der Waals surface area contributed by atoms with Crippen LogP contribution in [0.2, 0.25) is 0 Å². The number of ether oxygens (including phenoxy) is 2. The Bertz CT molecular complexity index is 829. The largest absolute Gasteiger partial charge is 0.497 e. The Morgan fingerprint density at radius 2 is 2.00 bits per heavy atom. The van der Waals surface area contributed by atoms with Crippen LogP contribution in [0.25, 0.3) is 22.8 Å². The van der Waals surface area contributed by atoms with E-state index in [-0.39, 0.29) is 0 Å². The van der Waals surface area contributed by atoms with Crippen molar-refractivity contribution in [3.8, 4) is 34.3 Å². The molecule has 0 atom stereocenters. The Labute approximate surface area is 139 Å². The highest BCUT2D eigenvalue weighted by Gasteiger charge is 2.23. The summed E-state index contributed by atoms with van der Waals surface area (Å²) < 4.78 is 16.7. The summed E-state index contributed by atoms with van der Waals surface area (Å²) in [6.45, 7) is 0.700. The summed E-state index contributed by atoms with van der Waals surface area (Å²) >= 11 is 0. The van der Waals surface area contributed by atoms with Crippen LogP contribution in [0.4, 0.5) is 0 Å². The van der Waals surface area contributed by atoms with E-state index in [1.54, 1.807) is 19.5 Å². The van der Waals surface area contributed by atoms with Gasteiger partial charge in [-0.3, -0.25) is 4.98 Å². The Balaban J connectivity index is 1.66. The highest BCUT2D eigenvalue weighted by atomic mass is 16.5. The highest BCUT2D eigenvalue weighted by molar-refractivity contribution is 5.66. The predicted octanol–water partition coefficient (Wildman–Crippen LogP) is 3.60. The summed E-state index contributed by atoms with van der Waals surface area (Å²) in [5, 5.41) is 4.05. The average molecular weight is 323 g/mol. The first-order valence-electron chi connectivity index (χ1n) is 7.89. The molecule has 1 fully saturated rings. The van der Waals surface area contributed by atoms with Crippen LogP contribution in [-0.2, 0) is 0 Å². The van der Waals surface area contributed by atoms with E-state index in [9.17, 15) is 0 Å². The van der Waals surface area contributed by atoms with Gasteiger partial charge in [0, 0.05) is 24.0 Å². The minimum absolute atomic E-state index is 0.426. The SMILES string of the molecule is COc1ccc(-c2nc(-c3ccncc3)no2)c(OCC2CC2)c1. The fourth-order valence-electron chi connectivity index (χ4n) is 2.37. The molecule has 0 saturated heterocycles. The molecule has 1 aliphatic carbocycles. The van der Waals surface area contributed by atoms with Crippen molar-refractivity contribution in [1.82, 2.24) is 15.1 Å². The summed E-state index contributed by atoms with van der Waals surface area (Å²) in [4.78, 5) is 8.48. The second kappa shape index (κ2) is 6.31. The summed E-state index contributed by atoms with van der Waals surface area (Å²) in [7, 11) is 1.63. The Morgan fingerprint density at radius 1 is 1.17 bits per heavy atom. The standard InChI is InChI=1S/C18H17N3O3/c1-22-14-4-5-15(16(10-14)23-11-12-2-3-12)18-20-17(21-24-18)13-6-8-19-9-7-13/h4-10,12H,2-3,11H2,1H3. The van der Waals surface area contributed by atoms with Crippen LogP contribution >= 0.6 is 0 Å². The van der Waals surface area contributed by atoms with Crippen molar-refractivity contribution in [2.75, 3.05) is 13.7 Å². The molecule has 1 saturated carbocycles. The number of aromatic nitrogens is 3. The van der Waals surface area contributed by atoms with Gasteiger partial charge in [-0.1, -0.05) is 5.16 Å². The number of methoxy groups -OCH3 is 1. The van der Waals surface area contributed by atoms with Crippen molar-refractivity contribution in [3.05, 3.63) is 42.7 Å².